The van der Waals surface area contributed by atoms with Gasteiger partial charge in [0.05, 0.1) is 19.3 Å². The number of hydrogen-bond acceptors (Lipinski definition) is 5. The molecule has 0 bridgehead atoms. The quantitative estimate of drug-likeness (QED) is 0.700. The molecule has 1 aromatic carbocycles. The van der Waals surface area contributed by atoms with Gasteiger partial charge in [0.15, 0.2) is 0 Å². The van der Waals surface area contributed by atoms with E-state index in [9.17, 15) is 14.4 Å². The minimum atomic E-state index is -0.335. The minimum Gasteiger partial charge on any atom is -0.326 e. The number of hydrogen-bond donors (Lipinski definition) is 2. The number of carbonyl (C=O) groups is 1. The van der Waals surface area contributed by atoms with Gasteiger partial charge in [0.2, 0.25) is 5.91 Å². The molecule has 0 saturated heterocycles. The predicted molar refractivity (Wildman–Crippen MR) is 91.1 cm³/mol. The maximum absolute atomic E-state index is 11.6. The molecule has 0 spiro atoms. The number of nitrogens with one attached hydrogen (secondary N) is 2. The summed E-state index contributed by atoms with van der Waals surface area (Å²) < 4.78 is 2.82. The fraction of sp³-hybridized carbons (Fsp3) is 0.188. The van der Waals surface area contributed by atoms with Crippen molar-refractivity contribution in [2.45, 2.75) is 20.0 Å². The monoisotopic (exact) mass is 340 g/mol. The summed E-state index contributed by atoms with van der Waals surface area (Å²) in [5, 5.41) is 13.3. The highest BCUT2D eigenvalue weighted by molar-refractivity contribution is 5.88. The lowest BCUT2D eigenvalue weighted by Gasteiger charge is -2.04. The molecule has 0 radical (unpaired) electrons. The second-order valence-corrected chi connectivity index (χ2v) is 5.42. The molecule has 2 aromatic heterocycles. The summed E-state index contributed by atoms with van der Waals surface area (Å²) in [4.78, 5) is 33.9. The summed E-state index contributed by atoms with van der Waals surface area (Å²) in [6.45, 7) is 2.11. The van der Waals surface area contributed by atoms with Crippen molar-refractivity contribution in [1.82, 2.24) is 24.8 Å². The molecule has 0 saturated carbocycles. The first-order chi connectivity index (χ1) is 12.0. The fourth-order valence-electron chi connectivity index (χ4n) is 2.30. The van der Waals surface area contributed by atoms with Crippen molar-refractivity contribution < 1.29 is 4.79 Å². The summed E-state index contributed by atoms with van der Waals surface area (Å²) >= 11 is 0. The van der Waals surface area contributed by atoms with Crippen LogP contribution in [0.1, 0.15) is 6.92 Å². The van der Waals surface area contributed by atoms with E-state index >= 15 is 0 Å². The topological polar surface area (TPSA) is 115 Å². The lowest BCUT2D eigenvalue weighted by molar-refractivity contribution is -0.114. The van der Waals surface area contributed by atoms with Gasteiger partial charge in [-0.2, -0.15) is 0 Å². The van der Waals surface area contributed by atoms with E-state index in [4.69, 9.17) is 0 Å². The van der Waals surface area contributed by atoms with Crippen LogP contribution in [0.25, 0.3) is 11.3 Å². The van der Waals surface area contributed by atoms with Crippen LogP contribution in [0, 0.1) is 0 Å². The Morgan fingerprint density at radius 3 is 2.60 bits per heavy atom. The number of aromatic nitrogens is 5. The van der Waals surface area contributed by atoms with Crippen molar-refractivity contribution in [3.63, 3.8) is 0 Å². The molecule has 0 atom stereocenters. The van der Waals surface area contributed by atoms with Crippen molar-refractivity contribution in [2.75, 3.05) is 5.32 Å². The highest BCUT2D eigenvalue weighted by Gasteiger charge is 2.05. The van der Waals surface area contributed by atoms with Gasteiger partial charge in [0, 0.05) is 30.3 Å². The van der Waals surface area contributed by atoms with Gasteiger partial charge < -0.3 is 5.32 Å². The van der Waals surface area contributed by atoms with Gasteiger partial charge in [0.25, 0.3) is 11.1 Å². The van der Waals surface area contributed by atoms with E-state index in [2.05, 4.69) is 20.7 Å². The molecular weight excluding hydrogens is 324 g/mol. The zero-order chi connectivity index (χ0) is 17.8. The first kappa shape index (κ1) is 16.4. The van der Waals surface area contributed by atoms with E-state index in [1.54, 1.807) is 23.0 Å². The second kappa shape index (κ2) is 6.95. The van der Waals surface area contributed by atoms with E-state index < -0.39 is 0 Å². The molecule has 0 unspecified atom stereocenters. The molecular formula is C16H16N6O3. The largest absolute Gasteiger partial charge is 0.326 e. The van der Waals surface area contributed by atoms with E-state index in [-0.39, 0.29) is 23.6 Å². The summed E-state index contributed by atoms with van der Waals surface area (Å²) in [6.07, 6.45) is 1.75. The van der Waals surface area contributed by atoms with Crippen LogP contribution in [0.2, 0.25) is 0 Å². The lowest BCUT2D eigenvalue weighted by atomic mass is 10.1. The number of nitrogens with zero attached hydrogens (tertiary/aromatic N) is 4. The maximum atomic E-state index is 11.6. The number of aryl methyl sites for hydroxylation is 2. The van der Waals surface area contributed by atoms with Crippen molar-refractivity contribution in [1.29, 1.82) is 0 Å². The zero-order valence-corrected chi connectivity index (χ0v) is 13.5. The SMILES string of the molecule is CC(=O)Nc1ccc(-c2cn(CCn3[nH]c(=O)ccc3=O)nn2)cc1. The van der Waals surface area contributed by atoms with Crippen molar-refractivity contribution in [3.05, 3.63) is 63.3 Å². The van der Waals surface area contributed by atoms with E-state index in [0.717, 1.165) is 5.56 Å². The van der Waals surface area contributed by atoms with Gasteiger partial charge in [-0.3, -0.25) is 24.2 Å². The Morgan fingerprint density at radius 2 is 1.88 bits per heavy atom. The molecule has 2 heterocycles. The van der Waals surface area contributed by atoms with Gasteiger partial charge in [0.1, 0.15) is 5.69 Å². The normalized spacial score (nSPS) is 10.6. The van der Waals surface area contributed by atoms with E-state index in [1.807, 2.05) is 12.1 Å². The number of benzene rings is 1. The minimum absolute atomic E-state index is 0.132. The molecule has 3 rings (SSSR count). The number of rotatable bonds is 5. The van der Waals surface area contributed by atoms with Crippen LogP contribution in [0.3, 0.4) is 0 Å². The molecule has 0 aliphatic rings. The molecule has 0 aliphatic carbocycles. The molecule has 3 aromatic rings. The van der Waals surface area contributed by atoms with Crippen LogP contribution in [0.5, 0.6) is 0 Å². The molecule has 9 nitrogen and oxygen atoms in total. The average molecular weight is 340 g/mol. The number of anilines is 1. The Hall–Kier alpha value is -3.49. The van der Waals surface area contributed by atoms with Crippen molar-refractivity contribution in [2.24, 2.45) is 0 Å². The highest BCUT2D eigenvalue weighted by Crippen LogP contribution is 2.18. The summed E-state index contributed by atoms with van der Waals surface area (Å²) in [5.41, 5.74) is 1.61. The molecule has 25 heavy (non-hydrogen) atoms. The third-order valence-corrected chi connectivity index (χ3v) is 3.48. The van der Waals surface area contributed by atoms with E-state index in [0.29, 0.717) is 17.9 Å². The van der Waals surface area contributed by atoms with Crippen molar-refractivity contribution in [3.8, 4) is 11.3 Å². The molecule has 0 aliphatic heterocycles. The number of amides is 1. The highest BCUT2D eigenvalue weighted by atomic mass is 16.2. The lowest BCUT2D eigenvalue weighted by Crippen LogP contribution is -2.29. The molecule has 2 N–H and O–H groups in total. The number of H-pyrrole nitrogens is 1. The van der Waals surface area contributed by atoms with Gasteiger partial charge >= 0.3 is 0 Å². The smallest absolute Gasteiger partial charge is 0.265 e. The first-order valence-corrected chi connectivity index (χ1v) is 7.59. The van der Waals surface area contributed by atoms with Gasteiger partial charge in [-0.25, -0.2) is 4.68 Å². The van der Waals surface area contributed by atoms with Crippen LogP contribution >= 0.6 is 0 Å². The van der Waals surface area contributed by atoms with Crippen LogP contribution in [0.15, 0.2) is 52.2 Å². The molecule has 1 amide bonds. The Balaban J connectivity index is 1.70. The van der Waals surface area contributed by atoms with Gasteiger partial charge in [-0.05, 0) is 12.1 Å². The van der Waals surface area contributed by atoms with Crippen LogP contribution in [-0.2, 0) is 17.9 Å². The third-order valence-electron chi connectivity index (χ3n) is 3.48. The predicted octanol–water partition coefficient (Wildman–Crippen LogP) is 0.454. The Morgan fingerprint density at radius 1 is 1.12 bits per heavy atom. The van der Waals surface area contributed by atoms with E-state index in [1.165, 1.54) is 23.7 Å². The maximum Gasteiger partial charge on any atom is 0.265 e. The van der Waals surface area contributed by atoms with Gasteiger partial charge in [-0.15, -0.1) is 5.10 Å². The first-order valence-electron chi connectivity index (χ1n) is 7.59. The molecule has 9 heteroatoms. The standard InChI is InChI=1S/C16H16N6O3/c1-11(23)17-13-4-2-12(3-5-13)14-10-21(20-18-14)8-9-22-16(25)7-6-15(24)19-22/h2-7,10H,8-9H2,1H3,(H,17,23)(H,19,24). The summed E-state index contributed by atoms with van der Waals surface area (Å²) in [7, 11) is 0. The Kier molecular flexibility index (Phi) is 4.55. The Labute approximate surface area is 141 Å². The van der Waals surface area contributed by atoms with Crippen LogP contribution in [0.4, 0.5) is 5.69 Å². The second-order valence-electron chi connectivity index (χ2n) is 5.42. The van der Waals surface area contributed by atoms with Crippen LogP contribution < -0.4 is 16.4 Å². The van der Waals surface area contributed by atoms with Crippen molar-refractivity contribution >= 4 is 11.6 Å². The molecule has 128 valence electrons. The zero-order valence-electron chi connectivity index (χ0n) is 13.5. The van der Waals surface area contributed by atoms with Crippen LogP contribution in [-0.4, -0.2) is 30.7 Å². The third kappa shape index (κ3) is 4.08. The summed E-state index contributed by atoms with van der Waals surface area (Å²) in [6, 6.07) is 9.64. The van der Waals surface area contributed by atoms with Gasteiger partial charge in [-0.1, -0.05) is 17.3 Å². The average Bonchev–Trinajstić information content (AvgIpc) is 3.05. The molecule has 0 fully saturated rings. The number of aromatic amines is 1. The fourth-order valence-corrected chi connectivity index (χ4v) is 2.30. The number of carbonyl (C=O) groups excluding carboxylic acids is 1. The summed E-state index contributed by atoms with van der Waals surface area (Å²) in [5.74, 6) is -0.132. The Bertz CT molecular complexity index is 999.